The highest BCUT2D eigenvalue weighted by Gasteiger charge is 2.21. The molecule has 0 aliphatic heterocycles. The van der Waals surface area contributed by atoms with Gasteiger partial charge in [-0.1, -0.05) is 30.3 Å². The van der Waals surface area contributed by atoms with E-state index < -0.39 is 23.6 Å². The number of aromatic nitrogens is 1. The lowest BCUT2D eigenvalue weighted by Gasteiger charge is -2.19. The number of anilines is 1. The Balaban J connectivity index is 1.89. The van der Waals surface area contributed by atoms with E-state index in [1.165, 1.54) is 17.8 Å². The van der Waals surface area contributed by atoms with Crippen LogP contribution in [-0.4, -0.2) is 33.9 Å². The molecule has 0 saturated heterocycles. The number of aromatic hydroxyl groups is 1. The zero-order valence-corrected chi connectivity index (χ0v) is 18.5. The summed E-state index contributed by atoms with van der Waals surface area (Å²) >= 11 is 0. The average molecular weight is 451 g/mol. The molecule has 3 aromatic rings. The first-order valence-electron chi connectivity index (χ1n) is 10.1. The maximum Gasteiger partial charge on any atom is 0.319 e. The highest BCUT2D eigenvalue weighted by Crippen LogP contribution is 2.28. The van der Waals surface area contributed by atoms with Gasteiger partial charge in [-0.3, -0.25) is 9.59 Å². The summed E-state index contributed by atoms with van der Waals surface area (Å²) in [5.41, 5.74) is 1.77. The third-order valence-corrected chi connectivity index (χ3v) is 5.15. The number of pyridine rings is 1. The van der Waals surface area contributed by atoms with Gasteiger partial charge in [0.15, 0.2) is 5.69 Å². The number of carboxylic acid groups (broad SMARTS) is 1. The lowest BCUT2D eigenvalue weighted by Crippen LogP contribution is -2.36. The van der Waals surface area contributed by atoms with E-state index in [-0.39, 0.29) is 17.9 Å². The zero-order chi connectivity index (χ0) is 24.1. The van der Waals surface area contributed by atoms with Crippen molar-refractivity contribution in [1.29, 1.82) is 0 Å². The van der Waals surface area contributed by atoms with Gasteiger partial charge in [-0.2, -0.15) is 0 Å². The molecule has 4 N–H and O–H groups in total. The fourth-order valence-corrected chi connectivity index (χ4v) is 3.47. The topological polar surface area (TPSA) is 130 Å². The molecule has 0 aliphatic carbocycles. The number of aryl methyl sites for hydroxylation is 2. The molecule has 172 valence electrons. The molecular weight excluding hydrogens is 426 g/mol. The summed E-state index contributed by atoms with van der Waals surface area (Å²) in [5.74, 6) is -0.776. The van der Waals surface area contributed by atoms with Crippen LogP contribution in [0.5, 0.6) is 11.5 Å². The van der Waals surface area contributed by atoms with Crippen LogP contribution in [-0.2, 0) is 11.8 Å². The Bertz CT molecular complexity index is 1250. The van der Waals surface area contributed by atoms with Crippen LogP contribution in [0.4, 0.5) is 10.5 Å². The van der Waals surface area contributed by atoms with Gasteiger partial charge < -0.3 is 30.2 Å². The summed E-state index contributed by atoms with van der Waals surface area (Å²) in [6, 6.07) is 12.8. The highest BCUT2D eigenvalue weighted by molar-refractivity contribution is 5.91. The van der Waals surface area contributed by atoms with Crippen LogP contribution in [0.2, 0.25) is 0 Å². The largest absolute Gasteiger partial charge is 0.505 e. The predicted octanol–water partition coefficient (Wildman–Crippen LogP) is 3.41. The number of carboxylic acids is 1. The molecule has 0 aliphatic rings. The predicted molar refractivity (Wildman–Crippen MR) is 124 cm³/mol. The van der Waals surface area contributed by atoms with Crippen LogP contribution in [0.15, 0.2) is 59.5 Å². The number of amides is 2. The SMILES string of the molecule is COc1cccc(-c2cccc([C@H](CC(=O)O)NC(=O)Nc3c(O)c(C)cn(C)c3=O)c2)c1. The monoisotopic (exact) mass is 451 g/mol. The second-order valence-electron chi connectivity index (χ2n) is 7.56. The Labute approximate surface area is 190 Å². The van der Waals surface area contributed by atoms with Crippen LogP contribution >= 0.6 is 0 Å². The van der Waals surface area contributed by atoms with Crippen LogP contribution in [0, 0.1) is 6.92 Å². The minimum atomic E-state index is -1.11. The van der Waals surface area contributed by atoms with E-state index in [0.29, 0.717) is 16.9 Å². The number of ether oxygens (including phenoxy) is 1. The lowest BCUT2D eigenvalue weighted by molar-refractivity contribution is -0.137. The second-order valence-corrected chi connectivity index (χ2v) is 7.56. The van der Waals surface area contributed by atoms with E-state index in [2.05, 4.69) is 10.6 Å². The van der Waals surface area contributed by atoms with Gasteiger partial charge in [0.2, 0.25) is 0 Å². The first-order chi connectivity index (χ1) is 15.7. The molecule has 0 radical (unpaired) electrons. The molecule has 3 rings (SSSR count). The van der Waals surface area contributed by atoms with Crippen molar-refractivity contribution < 1.29 is 24.5 Å². The molecule has 0 saturated carbocycles. The summed E-state index contributed by atoms with van der Waals surface area (Å²) in [6.45, 7) is 1.59. The minimum absolute atomic E-state index is 0.283. The molecule has 1 heterocycles. The number of urea groups is 1. The Hall–Kier alpha value is -4.27. The van der Waals surface area contributed by atoms with E-state index in [1.807, 2.05) is 30.3 Å². The molecule has 1 atom stereocenters. The van der Waals surface area contributed by atoms with Gasteiger partial charge in [0, 0.05) is 18.8 Å². The van der Waals surface area contributed by atoms with Gasteiger partial charge in [0.25, 0.3) is 5.56 Å². The Morgan fingerprint density at radius 2 is 1.79 bits per heavy atom. The van der Waals surface area contributed by atoms with E-state index in [0.717, 1.165) is 11.1 Å². The average Bonchev–Trinajstić information content (AvgIpc) is 2.80. The Kier molecular flexibility index (Phi) is 7.02. The summed E-state index contributed by atoms with van der Waals surface area (Å²) in [5, 5.41) is 24.5. The first-order valence-corrected chi connectivity index (χ1v) is 10.1. The Morgan fingerprint density at radius 3 is 2.45 bits per heavy atom. The standard InChI is InChI=1S/C24H25N3O6/c1-14-13-27(2)23(31)21(22(14)30)26-24(32)25-19(12-20(28)29)17-8-4-6-15(10-17)16-7-5-9-18(11-16)33-3/h4-11,13,19,30H,12H2,1-3H3,(H,28,29)(H2,25,26,32)/t19-/m0/s1. The van der Waals surface area contributed by atoms with E-state index in [4.69, 9.17) is 4.74 Å². The van der Waals surface area contributed by atoms with Crippen molar-refractivity contribution >= 4 is 17.7 Å². The van der Waals surface area contributed by atoms with Crippen molar-refractivity contribution in [2.45, 2.75) is 19.4 Å². The van der Waals surface area contributed by atoms with Crippen LogP contribution in [0.1, 0.15) is 23.6 Å². The lowest BCUT2D eigenvalue weighted by atomic mass is 9.98. The van der Waals surface area contributed by atoms with Crippen molar-refractivity contribution in [3.05, 3.63) is 76.2 Å². The van der Waals surface area contributed by atoms with Crippen LogP contribution < -0.4 is 20.9 Å². The summed E-state index contributed by atoms with van der Waals surface area (Å²) in [7, 11) is 3.06. The summed E-state index contributed by atoms with van der Waals surface area (Å²) in [4.78, 5) is 36.5. The number of nitrogens with zero attached hydrogens (tertiary/aromatic N) is 1. The van der Waals surface area contributed by atoms with Crippen molar-refractivity contribution in [3.63, 3.8) is 0 Å². The van der Waals surface area contributed by atoms with Crippen molar-refractivity contribution in [2.24, 2.45) is 7.05 Å². The van der Waals surface area contributed by atoms with Crippen molar-refractivity contribution in [2.75, 3.05) is 12.4 Å². The fourth-order valence-electron chi connectivity index (χ4n) is 3.47. The third-order valence-electron chi connectivity index (χ3n) is 5.15. The van der Waals surface area contributed by atoms with Gasteiger partial charge >= 0.3 is 12.0 Å². The normalized spacial score (nSPS) is 11.5. The second kappa shape index (κ2) is 9.90. The number of benzene rings is 2. The minimum Gasteiger partial charge on any atom is -0.505 e. The molecule has 9 nitrogen and oxygen atoms in total. The molecule has 2 aromatic carbocycles. The molecule has 0 bridgehead atoms. The maximum absolute atomic E-state index is 12.7. The molecule has 33 heavy (non-hydrogen) atoms. The zero-order valence-electron chi connectivity index (χ0n) is 18.5. The number of nitrogens with one attached hydrogen (secondary N) is 2. The number of rotatable bonds is 7. The van der Waals surface area contributed by atoms with Crippen LogP contribution in [0.25, 0.3) is 11.1 Å². The molecule has 2 amide bonds. The molecular formula is C24H25N3O6. The smallest absolute Gasteiger partial charge is 0.319 e. The molecule has 9 heteroatoms. The molecule has 0 spiro atoms. The number of methoxy groups -OCH3 is 1. The Morgan fingerprint density at radius 1 is 1.12 bits per heavy atom. The van der Waals surface area contributed by atoms with Gasteiger partial charge in [0.05, 0.1) is 19.6 Å². The number of hydrogen-bond donors (Lipinski definition) is 4. The fraction of sp³-hybridized carbons (Fsp3) is 0.208. The number of carbonyl (C=O) groups is 2. The third kappa shape index (κ3) is 5.51. The maximum atomic E-state index is 12.7. The van der Waals surface area contributed by atoms with Gasteiger partial charge in [-0.25, -0.2) is 4.79 Å². The van der Waals surface area contributed by atoms with E-state index >= 15 is 0 Å². The van der Waals surface area contributed by atoms with Gasteiger partial charge in [-0.15, -0.1) is 0 Å². The summed E-state index contributed by atoms with van der Waals surface area (Å²) in [6.07, 6.45) is 1.06. The van der Waals surface area contributed by atoms with Gasteiger partial charge in [0.1, 0.15) is 11.5 Å². The van der Waals surface area contributed by atoms with E-state index in [1.54, 1.807) is 32.2 Å². The van der Waals surface area contributed by atoms with Crippen molar-refractivity contribution in [1.82, 2.24) is 9.88 Å². The molecule has 0 fully saturated rings. The molecule has 0 unspecified atom stereocenters. The quantitative estimate of drug-likeness (QED) is 0.436. The van der Waals surface area contributed by atoms with E-state index in [9.17, 15) is 24.6 Å². The first kappa shape index (κ1) is 23.4. The summed E-state index contributed by atoms with van der Waals surface area (Å²) < 4.78 is 6.49. The highest BCUT2D eigenvalue weighted by atomic mass is 16.5. The number of hydrogen-bond acceptors (Lipinski definition) is 5. The van der Waals surface area contributed by atoms with Crippen LogP contribution in [0.3, 0.4) is 0 Å². The molecule has 1 aromatic heterocycles. The number of aliphatic carboxylic acids is 1. The van der Waals surface area contributed by atoms with Gasteiger partial charge in [-0.05, 0) is 41.8 Å². The van der Waals surface area contributed by atoms with Crippen molar-refractivity contribution in [3.8, 4) is 22.6 Å². The number of carbonyl (C=O) groups excluding carboxylic acids is 1.